The zero-order valence-electron chi connectivity index (χ0n) is 12.3. The lowest BCUT2D eigenvalue weighted by molar-refractivity contribution is 0.480. The van der Waals surface area contributed by atoms with E-state index in [-0.39, 0.29) is 5.75 Å². The Balaban J connectivity index is 1.70. The molecule has 0 spiro atoms. The van der Waals surface area contributed by atoms with Crippen molar-refractivity contribution < 1.29 is 5.11 Å². The Morgan fingerprint density at radius 3 is 2.22 bits per heavy atom. The maximum atomic E-state index is 9.90. The molecule has 2 aromatic heterocycles. The molecule has 0 radical (unpaired) electrons. The standard InChI is InChI=1S/C20H14N2O/c23-19-7-3-5-15-9-11-17(22-20(15)19)13-12-16-10-8-14-4-1-2-6-18(14)21-16/h1-13,23H/b13-12+. The van der Waals surface area contributed by atoms with Crippen molar-refractivity contribution in [2.45, 2.75) is 0 Å². The topological polar surface area (TPSA) is 46.0 Å². The van der Waals surface area contributed by atoms with Crippen LogP contribution in [0, 0.1) is 0 Å². The van der Waals surface area contributed by atoms with Crippen LogP contribution in [0.2, 0.25) is 0 Å². The SMILES string of the molecule is Oc1cccc2ccc(/C=C/c3ccc4ccccc4n3)nc12. The summed E-state index contributed by atoms with van der Waals surface area (Å²) in [6.07, 6.45) is 3.84. The predicted molar refractivity (Wildman–Crippen MR) is 94.1 cm³/mol. The number of aromatic hydroxyl groups is 1. The number of aromatic nitrogens is 2. The Morgan fingerprint density at radius 1 is 0.652 bits per heavy atom. The molecule has 3 heteroatoms. The smallest absolute Gasteiger partial charge is 0.141 e. The van der Waals surface area contributed by atoms with E-state index in [1.54, 1.807) is 6.07 Å². The van der Waals surface area contributed by atoms with Crippen molar-refractivity contribution in [1.82, 2.24) is 9.97 Å². The van der Waals surface area contributed by atoms with E-state index in [1.165, 1.54) is 0 Å². The average Bonchev–Trinajstić information content (AvgIpc) is 2.60. The number of fused-ring (bicyclic) bond motifs is 2. The van der Waals surface area contributed by atoms with Gasteiger partial charge in [0.25, 0.3) is 0 Å². The van der Waals surface area contributed by atoms with E-state index in [4.69, 9.17) is 0 Å². The van der Waals surface area contributed by atoms with Gasteiger partial charge in [0.2, 0.25) is 0 Å². The second-order valence-electron chi connectivity index (χ2n) is 5.35. The molecule has 0 aliphatic heterocycles. The molecule has 2 aromatic carbocycles. The molecule has 110 valence electrons. The van der Waals surface area contributed by atoms with Crippen LogP contribution in [0.25, 0.3) is 34.0 Å². The van der Waals surface area contributed by atoms with Gasteiger partial charge in [-0.3, -0.25) is 0 Å². The third kappa shape index (κ3) is 2.64. The lowest BCUT2D eigenvalue weighted by Crippen LogP contribution is -1.85. The first-order valence-corrected chi connectivity index (χ1v) is 7.42. The number of benzene rings is 2. The van der Waals surface area contributed by atoms with Crippen LogP contribution in [0.3, 0.4) is 0 Å². The highest BCUT2D eigenvalue weighted by atomic mass is 16.3. The molecule has 0 saturated heterocycles. The Bertz CT molecular complexity index is 1040. The van der Waals surface area contributed by atoms with E-state index in [2.05, 4.69) is 16.0 Å². The molecule has 0 fully saturated rings. The number of pyridine rings is 2. The van der Waals surface area contributed by atoms with Gasteiger partial charge in [0.15, 0.2) is 0 Å². The number of para-hydroxylation sites is 2. The summed E-state index contributed by atoms with van der Waals surface area (Å²) >= 11 is 0. The minimum absolute atomic E-state index is 0.196. The van der Waals surface area contributed by atoms with Crippen LogP contribution in [0.5, 0.6) is 5.75 Å². The normalized spacial score (nSPS) is 11.5. The zero-order chi connectivity index (χ0) is 15.6. The van der Waals surface area contributed by atoms with Gasteiger partial charge in [-0.1, -0.05) is 42.5 Å². The molecule has 0 unspecified atom stereocenters. The van der Waals surface area contributed by atoms with Crippen molar-refractivity contribution >= 4 is 34.0 Å². The second-order valence-corrected chi connectivity index (χ2v) is 5.35. The van der Waals surface area contributed by atoms with Gasteiger partial charge in [0.05, 0.1) is 16.9 Å². The molecule has 0 saturated carbocycles. The summed E-state index contributed by atoms with van der Waals surface area (Å²) in [5.41, 5.74) is 3.25. The summed E-state index contributed by atoms with van der Waals surface area (Å²) in [7, 11) is 0. The van der Waals surface area contributed by atoms with Crippen molar-refractivity contribution in [3.8, 4) is 5.75 Å². The molecule has 0 aliphatic rings. The fourth-order valence-corrected chi connectivity index (χ4v) is 2.58. The van der Waals surface area contributed by atoms with Crippen LogP contribution < -0.4 is 0 Å². The van der Waals surface area contributed by atoms with Crippen LogP contribution in [-0.2, 0) is 0 Å². The first kappa shape index (κ1) is 13.5. The third-order valence-corrected chi connectivity index (χ3v) is 3.77. The first-order valence-electron chi connectivity index (χ1n) is 7.42. The molecule has 3 nitrogen and oxygen atoms in total. The van der Waals surface area contributed by atoms with Gasteiger partial charge in [0, 0.05) is 10.8 Å². The van der Waals surface area contributed by atoms with Crippen molar-refractivity contribution in [3.05, 3.63) is 78.1 Å². The fraction of sp³-hybridized carbons (Fsp3) is 0. The van der Waals surface area contributed by atoms with E-state index < -0.39 is 0 Å². The van der Waals surface area contributed by atoms with Crippen molar-refractivity contribution in [3.63, 3.8) is 0 Å². The van der Waals surface area contributed by atoms with Crippen LogP contribution in [0.15, 0.2) is 66.7 Å². The number of rotatable bonds is 2. The molecule has 4 rings (SSSR count). The Kier molecular flexibility index (Phi) is 3.24. The Labute approximate surface area is 133 Å². The lowest BCUT2D eigenvalue weighted by atomic mass is 10.1. The Hall–Kier alpha value is -3.20. The largest absolute Gasteiger partial charge is 0.506 e. The predicted octanol–water partition coefficient (Wildman–Crippen LogP) is 4.66. The number of nitrogens with zero attached hydrogens (tertiary/aromatic N) is 2. The Morgan fingerprint density at radius 2 is 1.35 bits per heavy atom. The van der Waals surface area contributed by atoms with Crippen molar-refractivity contribution in [2.75, 3.05) is 0 Å². The van der Waals surface area contributed by atoms with Crippen LogP contribution in [-0.4, -0.2) is 15.1 Å². The van der Waals surface area contributed by atoms with Crippen molar-refractivity contribution in [1.29, 1.82) is 0 Å². The van der Waals surface area contributed by atoms with E-state index in [0.29, 0.717) is 5.52 Å². The van der Waals surface area contributed by atoms with Crippen molar-refractivity contribution in [2.24, 2.45) is 0 Å². The number of hydrogen-bond donors (Lipinski definition) is 1. The number of phenolic OH excluding ortho intramolecular Hbond substituents is 1. The maximum absolute atomic E-state index is 9.90. The molecule has 4 aromatic rings. The number of hydrogen-bond acceptors (Lipinski definition) is 3. The highest BCUT2D eigenvalue weighted by Gasteiger charge is 2.01. The molecule has 0 bridgehead atoms. The highest BCUT2D eigenvalue weighted by molar-refractivity contribution is 5.86. The fourth-order valence-electron chi connectivity index (χ4n) is 2.58. The lowest BCUT2D eigenvalue weighted by Gasteiger charge is -2.01. The van der Waals surface area contributed by atoms with E-state index in [0.717, 1.165) is 27.7 Å². The van der Waals surface area contributed by atoms with Gasteiger partial charge in [-0.05, 0) is 36.4 Å². The maximum Gasteiger partial charge on any atom is 0.141 e. The van der Waals surface area contributed by atoms with E-state index >= 15 is 0 Å². The third-order valence-electron chi connectivity index (χ3n) is 3.77. The number of phenols is 1. The minimum Gasteiger partial charge on any atom is -0.506 e. The zero-order valence-corrected chi connectivity index (χ0v) is 12.3. The summed E-state index contributed by atoms with van der Waals surface area (Å²) in [5, 5.41) is 11.9. The second kappa shape index (κ2) is 5.54. The van der Waals surface area contributed by atoms with Gasteiger partial charge in [-0.15, -0.1) is 0 Å². The van der Waals surface area contributed by atoms with Gasteiger partial charge in [0.1, 0.15) is 11.3 Å². The van der Waals surface area contributed by atoms with Crippen LogP contribution in [0.1, 0.15) is 11.4 Å². The van der Waals surface area contributed by atoms with E-state index in [1.807, 2.05) is 66.7 Å². The molecule has 2 heterocycles. The summed E-state index contributed by atoms with van der Waals surface area (Å²) < 4.78 is 0. The van der Waals surface area contributed by atoms with E-state index in [9.17, 15) is 5.11 Å². The molecule has 0 atom stereocenters. The molecule has 0 amide bonds. The molecular formula is C20H14N2O. The van der Waals surface area contributed by atoms with Crippen LogP contribution >= 0.6 is 0 Å². The quantitative estimate of drug-likeness (QED) is 0.585. The minimum atomic E-state index is 0.196. The van der Waals surface area contributed by atoms with Gasteiger partial charge in [-0.2, -0.15) is 0 Å². The van der Waals surface area contributed by atoms with Gasteiger partial charge in [-0.25, -0.2) is 9.97 Å². The summed E-state index contributed by atoms with van der Waals surface area (Å²) in [6.45, 7) is 0. The average molecular weight is 298 g/mol. The van der Waals surface area contributed by atoms with Gasteiger partial charge >= 0.3 is 0 Å². The molecular weight excluding hydrogens is 284 g/mol. The van der Waals surface area contributed by atoms with Gasteiger partial charge < -0.3 is 5.11 Å². The molecule has 23 heavy (non-hydrogen) atoms. The summed E-state index contributed by atoms with van der Waals surface area (Å²) in [6, 6.07) is 21.3. The van der Waals surface area contributed by atoms with Crippen LogP contribution in [0.4, 0.5) is 0 Å². The first-order chi connectivity index (χ1) is 11.3. The summed E-state index contributed by atoms with van der Waals surface area (Å²) in [5.74, 6) is 0.196. The summed E-state index contributed by atoms with van der Waals surface area (Å²) in [4.78, 5) is 9.09. The highest BCUT2D eigenvalue weighted by Crippen LogP contribution is 2.23. The molecule has 1 N–H and O–H groups in total. The monoisotopic (exact) mass is 298 g/mol. The molecule has 0 aliphatic carbocycles.